The van der Waals surface area contributed by atoms with Crippen LogP contribution < -0.4 is 10.6 Å². The monoisotopic (exact) mass is 908 g/mol. The van der Waals surface area contributed by atoms with Crippen LogP contribution in [0.1, 0.15) is 96.6 Å². The quantitative estimate of drug-likeness (QED) is 0.100. The largest absolute Gasteiger partial charge is 0.340 e. The number of aromatic amines is 2. The summed E-state index contributed by atoms with van der Waals surface area (Å²) >= 11 is 0. The first-order valence-electron chi connectivity index (χ1n) is 23.8. The molecule has 4 aromatic carbocycles. The number of benzene rings is 4. The van der Waals surface area contributed by atoms with Gasteiger partial charge in [0.2, 0.25) is 17.7 Å². The van der Waals surface area contributed by atoms with Crippen molar-refractivity contribution in [1.82, 2.24) is 50.2 Å². The molecule has 2 aromatic heterocycles. The van der Waals surface area contributed by atoms with Gasteiger partial charge in [-0.1, -0.05) is 96.8 Å². The highest BCUT2D eigenvalue weighted by molar-refractivity contribution is 5.91. The molecule has 10 rings (SSSR count). The number of imidazole rings is 2. The number of rotatable bonds is 11. The van der Waals surface area contributed by atoms with Crippen molar-refractivity contribution in [2.24, 2.45) is 5.92 Å². The lowest BCUT2D eigenvalue weighted by atomic mass is 10.0. The lowest BCUT2D eigenvalue weighted by molar-refractivity contribution is -0.138. The van der Waals surface area contributed by atoms with Gasteiger partial charge in [0.15, 0.2) is 0 Å². The minimum atomic E-state index is -0.809. The summed E-state index contributed by atoms with van der Waals surface area (Å²) in [5.41, 5.74) is 6.88. The summed E-state index contributed by atoms with van der Waals surface area (Å²) in [6.07, 6.45) is 8.61. The fourth-order valence-electron chi connectivity index (χ4n) is 9.57. The number of carbonyl (C=O) groups excluding carboxylic acids is 4. The van der Waals surface area contributed by atoms with Gasteiger partial charge in [0.05, 0.1) is 35.9 Å². The highest BCUT2D eigenvalue weighted by Gasteiger charge is 2.40. The van der Waals surface area contributed by atoms with Crippen molar-refractivity contribution >= 4 is 23.8 Å². The molecule has 1 saturated carbocycles. The molecule has 4 unspecified atom stereocenters. The molecule has 4 fully saturated rings. The topological polar surface area (TPSA) is 163 Å². The molecule has 346 valence electrons. The van der Waals surface area contributed by atoms with Gasteiger partial charge in [0, 0.05) is 56.3 Å². The fourth-order valence-corrected chi connectivity index (χ4v) is 9.57. The van der Waals surface area contributed by atoms with Gasteiger partial charge in [-0.15, -0.1) is 0 Å². The van der Waals surface area contributed by atoms with E-state index in [1.165, 1.54) is 0 Å². The van der Waals surface area contributed by atoms with Crippen LogP contribution in [0.3, 0.4) is 0 Å². The summed E-state index contributed by atoms with van der Waals surface area (Å²) in [6, 6.07) is 32.8. The van der Waals surface area contributed by atoms with Crippen LogP contribution in [0, 0.1) is 17.8 Å². The lowest BCUT2D eigenvalue weighted by Gasteiger charge is -2.34. The minimum absolute atomic E-state index is 0.00318. The van der Waals surface area contributed by atoms with E-state index in [1.54, 1.807) is 4.90 Å². The first-order chi connectivity index (χ1) is 33.3. The summed E-state index contributed by atoms with van der Waals surface area (Å²) in [4.78, 5) is 78.9. The highest BCUT2D eigenvalue weighted by atomic mass is 16.2. The zero-order valence-electron chi connectivity index (χ0n) is 38.2. The Bertz CT molecular complexity index is 2800. The molecule has 4 atom stereocenters. The average molecular weight is 909 g/mol. The second-order valence-electron chi connectivity index (χ2n) is 18.4. The lowest BCUT2D eigenvalue weighted by Crippen LogP contribution is -2.53. The molecule has 5 amide bonds. The Morgan fingerprint density at radius 3 is 1.49 bits per heavy atom. The molecular weight excluding hydrogens is 853 g/mol. The smallest absolute Gasteiger partial charge is 0.318 e. The van der Waals surface area contributed by atoms with E-state index in [0.717, 1.165) is 108 Å². The summed E-state index contributed by atoms with van der Waals surface area (Å²) in [6.45, 7) is 4.00. The van der Waals surface area contributed by atoms with E-state index in [0.29, 0.717) is 26.2 Å². The maximum absolute atomic E-state index is 14.3. The van der Waals surface area contributed by atoms with Gasteiger partial charge in [-0.05, 0) is 92.1 Å². The van der Waals surface area contributed by atoms with Crippen LogP contribution in [0.15, 0.2) is 122 Å². The molecule has 1 aliphatic carbocycles. The third-order valence-electron chi connectivity index (χ3n) is 13.7. The van der Waals surface area contributed by atoms with E-state index >= 15 is 0 Å². The van der Waals surface area contributed by atoms with Crippen LogP contribution >= 0.6 is 0 Å². The van der Waals surface area contributed by atoms with Crippen molar-refractivity contribution < 1.29 is 19.2 Å². The molecule has 68 heavy (non-hydrogen) atoms. The van der Waals surface area contributed by atoms with E-state index in [2.05, 4.69) is 37.3 Å². The SMILES string of the molecule is CN1CCN(C(=O)NC(C(=O)N2CCCC2c2ncc(-c3ccc(C#Cc4ccc(-c5cnc(C6CCCN6C(=O)C(NC(=O)C6CC6)c6ccccc6)[nH]5)cc4)cc3)[nH]2)c2ccccc2)CC1. The Balaban J connectivity index is 0.769. The second-order valence-corrected chi connectivity index (χ2v) is 18.4. The number of hydrogen-bond acceptors (Lipinski definition) is 7. The summed E-state index contributed by atoms with van der Waals surface area (Å²) < 4.78 is 0. The van der Waals surface area contributed by atoms with Crippen molar-refractivity contribution in [2.75, 3.05) is 46.3 Å². The van der Waals surface area contributed by atoms with Crippen LogP contribution in [0.2, 0.25) is 0 Å². The Hall–Kier alpha value is -7.50. The van der Waals surface area contributed by atoms with Gasteiger partial charge >= 0.3 is 6.03 Å². The van der Waals surface area contributed by atoms with Gasteiger partial charge < -0.3 is 40.2 Å². The molecule has 14 heteroatoms. The zero-order valence-corrected chi connectivity index (χ0v) is 38.2. The number of likely N-dealkylation sites (N-methyl/N-ethyl adjacent to an activating group) is 1. The molecule has 4 N–H and O–H groups in total. The van der Waals surface area contributed by atoms with Crippen LogP contribution in [-0.4, -0.2) is 110 Å². The van der Waals surface area contributed by atoms with Crippen LogP contribution in [0.4, 0.5) is 4.79 Å². The minimum Gasteiger partial charge on any atom is -0.340 e. The summed E-state index contributed by atoms with van der Waals surface area (Å²) in [5, 5.41) is 6.12. The van der Waals surface area contributed by atoms with Crippen molar-refractivity contribution in [2.45, 2.75) is 62.7 Å². The maximum atomic E-state index is 14.3. The number of nitrogens with zero attached hydrogens (tertiary/aromatic N) is 6. The van der Waals surface area contributed by atoms with Gasteiger partial charge in [0.25, 0.3) is 0 Å². The number of nitrogens with one attached hydrogen (secondary N) is 4. The highest BCUT2D eigenvalue weighted by Crippen LogP contribution is 2.37. The van der Waals surface area contributed by atoms with Gasteiger partial charge in [-0.25, -0.2) is 14.8 Å². The number of carbonyl (C=O) groups is 4. The third kappa shape index (κ3) is 9.80. The number of H-pyrrole nitrogens is 2. The molecule has 3 aliphatic heterocycles. The zero-order chi connectivity index (χ0) is 46.6. The maximum Gasteiger partial charge on any atom is 0.318 e. The Morgan fingerprint density at radius 2 is 1.03 bits per heavy atom. The standard InChI is InChI=1S/C54H56N10O4/c1-61-30-32-62(33-31-61)54(68)60-48(41-12-6-3-7-13-41)53(67)64-29-9-15-46(64)50-56-35-44(58-50)39-24-20-37(21-25-39)17-16-36-18-22-38(23-19-36)43-34-55-49(57-43)45-14-8-28-63(45)52(66)47(40-10-4-2-5-11-40)59-51(65)42-26-27-42/h2-7,10-13,18-25,34-35,42,45-48H,8-9,14-15,26-33H2,1H3,(H,55,57)(H,56,58)(H,59,65)(H,60,68). The van der Waals surface area contributed by atoms with E-state index in [9.17, 15) is 19.2 Å². The van der Waals surface area contributed by atoms with E-state index < -0.39 is 12.1 Å². The number of aromatic nitrogens is 4. The van der Waals surface area contributed by atoms with Crippen molar-refractivity contribution in [3.8, 4) is 34.4 Å². The molecule has 0 bridgehead atoms. The Labute approximate surface area is 396 Å². The fraction of sp³-hybridized carbons (Fsp3) is 0.333. The molecule has 14 nitrogen and oxygen atoms in total. The van der Waals surface area contributed by atoms with E-state index in [-0.39, 0.29) is 41.8 Å². The van der Waals surface area contributed by atoms with E-state index in [4.69, 9.17) is 9.97 Å². The number of urea groups is 1. The van der Waals surface area contributed by atoms with Crippen LogP contribution in [0.25, 0.3) is 22.5 Å². The molecule has 3 saturated heterocycles. The molecular formula is C54H56N10O4. The van der Waals surface area contributed by atoms with Crippen LogP contribution in [-0.2, 0) is 14.4 Å². The first-order valence-corrected chi connectivity index (χ1v) is 23.8. The molecule has 5 heterocycles. The number of piperazine rings is 1. The Kier molecular flexibility index (Phi) is 12.9. The van der Waals surface area contributed by atoms with Crippen LogP contribution in [0.5, 0.6) is 0 Å². The van der Waals surface area contributed by atoms with E-state index in [1.807, 2.05) is 138 Å². The molecule has 6 aromatic rings. The Morgan fingerprint density at radius 1 is 0.574 bits per heavy atom. The second kappa shape index (κ2) is 19.8. The molecule has 4 aliphatic rings. The van der Waals surface area contributed by atoms with Gasteiger partial charge in [-0.3, -0.25) is 14.4 Å². The first kappa shape index (κ1) is 44.3. The predicted octanol–water partition coefficient (Wildman–Crippen LogP) is 7.16. The normalized spacial score (nSPS) is 19.2. The number of hydrogen-bond donors (Lipinski definition) is 4. The number of likely N-dealkylation sites (tertiary alicyclic amines) is 2. The predicted molar refractivity (Wildman–Crippen MR) is 258 cm³/mol. The molecule has 0 radical (unpaired) electrons. The average Bonchev–Trinajstić information content (AvgIpc) is 3.82. The third-order valence-corrected chi connectivity index (χ3v) is 13.7. The van der Waals surface area contributed by atoms with Crippen molar-refractivity contribution in [3.63, 3.8) is 0 Å². The summed E-state index contributed by atoms with van der Waals surface area (Å²) in [7, 11) is 2.05. The number of amides is 5. The van der Waals surface area contributed by atoms with Crippen molar-refractivity contribution in [3.05, 3.63) is 155 Å². The van der Waals surface area contributed by atoms with Gasteiger partial charge in [0.1, 0.15) is 23.7 Å². The van der Waals surface area contributed by atoms with Crippen molar-refractivity contribution in [1.29, 1.82) is 0 Å². The van der Waals surface area contributed by atoms with Gasteiger partial charge in [-0.2, -0.15) is 0 Å². The molecule has 0 spiro atoms. The summed E-state index contributed by atoms with van der Waals surface area (Å²) in [5.74, 6) is 7.71.